The summed E-state index contributed by atoms with van der Waals surface area (Å²) in [5, 5.41) is 6.25. The zero-order chi connectivity index (χ0) is 12.1. The van der Waals surface area contributed by atoms with E-state index in [4.69, 9.17) is 4.74 Å². The maximum atomic E-state index is 11.7. The third-order valence-electron chi connectivity index (χ3n) is 3.39. The Balaban J connectivity index is 1.53. The van der Waals surface area contributed by atoms with Crippen LogP contribution in [0.1, 0.15) is 19.3 Å². The van der Waals surface area contributed by atoms with Crippen molar-refractivity contribution in [2.75, 3.05) is 39.9 Å². The van der Waals surface area contributed by atoms with Crippen LogP contribution < -0.4 is 10.6 Å². The van der Waals surface area contributed by atoms with Crippen molar-refractivity contribution >= 4 is 5.91 Å². The van der Waals surface area contributed by atoms with Crippen LogP contribution in [-0.4, -0.2) is 62.8 Å². The highest BCUT2D eigenvalue weighted by molar-refractivity contribution is 5.76. The van der Waals surface area contributed by atoms with Gasteiger partial charge in [0.15, 0.2) is 0 Å². The minimum Gasteiger partial charge on any atom is -0.378 e. The molecule has 0 aromatic carbocycles. The van der Waals surface area contributed by atoms with Gasteiger partial charge in [-0.15, -0.1) is 0 Å². The van der Waals surface area contributed by atoms with E-state index in [0.29, 0.717) is 13.0 Å². The lowest BCUT2D eigenvalue weighted by atomic mass is 10.2. The van der Waals surface area contributed by atoms with E-state index >= 15 is 0 Å². The van der Waals surface area contributed by atoms with Gasteiger partial charge >= 0.3 is 0 Å². The zero-order valence-corrected chi connectivity index (χ0v) is 10.6. The predicted octanol–water partition coefficient (Wildman–Crippen LogP) is -0.425. The molecule has 2 aliphatic rings. The van der Waals surface area contributed by atoms with E-state index in [1.807, 2.05) is 0 Å². The molecule has 1 amide bonds. The van der Waals surface area contributed by atoms with Gasteiger partial charge in [0.05, 0.1) is 13.2 Å². The molecule has 1 atom stereocenters. The molecule has 0 radical (unpaired) electrons. The van der Waals surface area contributed by atoms with Crippen LogP contribution in [0.5, 0.6) is 0 Å². The van der Waals surface area contributed by atoms with Crippen molar-refractivity contribution < 1.29 is 9.53 Å². The van der Waals surface area contributed by atoms with Crippen LogP contribution in [0.3, 0.4) is 0 Å². The fraction of sp³-hybridized carbons (Fsp3) is 0.917. The third kappa shape index (κ3) is 4.61. The summed E-state index contributed by atoms with van der Waals surface area (Å²) < 4.78 is 5.31. The lowest BCUT2D eigenvalue weighted by Gasteiger charge is -2.23. The number of amides is 1. The van der Waals surface area contributed by atoms with Gasteiger partial charge in [0.1, 0.15) is 0 Å². The van der Waals surface area contributed by atoms with Gasteiger partial charge in [0, 0.05) is 38.1 Å². The molecule has 1 saturated heterocycles. The number of nitrogens with zero attached hydrogens (tertiary/aromatic N) is 1. The van der Waals surface area contributed by atoms with E-state index in [2.05, 4.69) is 22.6 Å². The number of hydrogen-bond donors (Lipinski definition) is 2. The van der Waals surface area contributed by atoms with E-state index in [1.165, 1.54) is 12.8 Å². The number of rotatable bonds is 6. The van der Waals surface area contributed by atoms with Gasteiger partial charge in [-0.1, -0.05) is 0 Å². The van der Waals surface area contributed by atoms with Crippen molar-refractivity contribution in [1.29, 1.82) is 0 Å². The largest absolute Gasteiger partial charge is 0.378 e. The van der Waals surface area contributed by atoms with E-state index < -0.39 is 0 Å². The third-order valence-corrected chi connectivity index (χ3v) is 3.39. The summed E-state index contributed by atoms with van der Waals surface area (Å²) in [4.78, 5) is 14.0. The minimum atomic E-state index is 0.122. The predicted molar refractivity (Wildman–Crippen MR) is 65.9 cm³/mol. The minimum absolute atomic E-state index is 0.122. The lowest BCUT2D eigenvalue weighted by Crippen LogP contribution is -2.45. The van der Waals surface area contributed by atoms with Gasteiger partial charge in [0.25, 0.3) is 0 Å². The molecule has 1 aliphatic heterocycles. The van der Waals surface area contributed by atoms with Crippen molar-refractivity contribution in [3.05, 3.63) is 0 Å². The highest BCUT2D eigenvalue weighted by Crippen LogP contribution is 2.24. The van der Waals surface area contributed by atoms with Gasteiger partial charge in [-0.2, -0.15) is 0 Å². The molecule has 1 heterocycles. The molecule has 0 spiro atoms. The zero-order valence-electron chi connectivity index (χ0n) is 10.6. The first-order valence-corrected chi connectivity index (χ1v) is 6.54. The Hall–Kier alpha value is -0.650. The first-order chi connectivity index (χ1) is 8.25. The topological polar surface area (TPSA) is 53.6 Å². The van der Waals surface area contributed by atoms with Crippen molar-refractivity contribution in [3.63, 3.8) is 0 Å². The Bertz CT molecular complexity index is 250. The average molecular weight is 241 g/mol. The molecule has 1 unspecified atom stereocenters. The van der Waals surface area contributed by atoms with E-state index in [0.717, 1.165) is 32.3 Å². The lowest BCUT2D eigenvalue weighted by molar-refractivity contribution is -0.122. The molecule has 0 bridgehead atoms. The maximum Gasteiger partial charge on any atom is 0.221 e. The molecule has 0 aromatic heterocycles. The maximum absolute atomic E-state index is 11.7. The SMILES string of the molecule is CN(CCNC(=O)CC1COCCN1)C1CC1. The fourth-order valence-electron chi connectivity index (χ4n) is 2.12. The fourth-order valence-corrected chi connectivity index (χ4v) is 2.12. The molecule has 5 heteroatoms. The summed E-state index contributed by atoms with van der Waals surface area (Å²) >= 11 is 0. The van der Waals surface area contributed by atoms with E-state index in [1.54, 1.807) is 0 Å². The Kier molecular flexibility index (Phi) is 4.76. The second-order valence-electron chi connectivity index (χ2n) is 4.99. The van der Waals surface area contributed by atoms with Crippen LogP contribution in [-0.2, 0) is 9.53 Å². The van der Waals surface area contributed by atoms with E-state index in [9.17, 15) is 4.79 Å². The van der Waals surface area contributed by atoms with Gasteiger partial charge in [-0.25, -0.2) is 0 Å². The number of hydrogen-bond acceptors (Lipinski definition) is 4. The first-order valence-electron chi connectivity index (χ1n) is 6.54. The number of morpholine rings is 1. The summed E-state index contributed by atoms with van der Waals surface area (Å²) in [7, 11) is 2.13. The molecule has 2 rings (SSSR count). The molecule has 2 N–H and O–H groups in total. The first kappa shape index (κ1) is 12.8. The molecule has 2 fully saturated rings. The van der Waals surface area contributed by atoms with Gasteiger partial charge < -0.3 is 20.3 Å². The average Bonchev–Trinajstić information content (AvgIpc) is 3.14. The second kappa shape index (κ2) is 6.33. The van der Waals surface area contributed by atoms with Gasteiger partial charge in [0.2, 0.25) is 5.91 Å². The summed E-state index contributed by atoms with van der Waals surface area (Å²) in [6.07, 6.45) is 3.15. The molecular weight excluding hydrogens is 218 g/mol. The summed E-state index contributed by atoms with van der Waals surface area (Å²) in [6.45, 7) is 3.95. The van der Waals surface area contributed by atoms with Gasteiger partial charge in [-0.05, 0) is 19.9 Å². The Morgan fingerprint density at radius 2 is 2.35 bits per heavy atom. The highest BCUT2D eigenvalue weighted by Gasteiger charge is 2.25. The van der Waals surface area contributed by atoms with Crippen molar-refractivity contribution in [2.24, 2.45) is 0 Å². The second-order valence-corrected chi connectivity index (χ2v) is 4.99. The van der Waals surface area contributed by atoms with Gasteiger partial charge in [-0.3, -0.25) is 4.79 Å². The van der Waals surface area contributed by atoms with Crippen LogP contribution in [0.25, 0.3) is 0 Å². The molecule has 5 nitrogen and oxygen atoms in total. The molecule has 1 aliphatic carbocycles. The summed E-state index contributed by atoms with van der Waals surface area (Å²) in [5.74, 6) is 0.122. The quantitative estimate of drug-likeness (QED) is 0.663. The number of likely N-dealkylation sites (N-methyl/N-ethyl adjacent to an activating group) is 1. The van der Waals surface area contributed by atoms with Crippen LogP contribution in [0.2, 0.25) is 0 Å². The normalized spacial score (nSPS) is 24.9. The van der Waals surface area contributed by atoms with Crippen LogP contribution in [0.15, 0.2) is 0 Å². The monoisotopic (exact) mass is 241 g/mol. The highest BCUT2D eigenvalue weighted by atomic mass is 16.5. The summed E-state index contributed by atoms with van der Waals surface area (Å²) in [5.41, 5.74) is 0. The number of carbonyl (C=O) groups excluding carboxylic acids is 1. The van der Waals surface area contributed by atoms with Crippen molar-refractivity contribution in [3.8, 4) is 0 Å². The Morgan fingerprint density at radius 1 is 1.53 bits per heavy atom. The smallest absolute Gasteiger partial charge is 0.221 e. The molecule has 1 saturated carbocycles. The number of ether oxygens (including phenoxy) is 1. The van der Waals surface area contributed by atoms with Crippen molar-refractivity contribution in [1.82, 2.24) is 15.5 Å². The number of nitrogens with one attached hydrogen (secondary N) is 2. The molecular formula is C12H23N3O2. The standard InChI is InChI=1S/C12H23N3O2/c1-15(11-2-3-11)6-4-14-12(16)8-10-9-17-7-5-13-10/h10-11,13H,2-9H2,1H3,(H,14,16). The molecule has 17 heavy (non-hydrogen) atoms. The number of carbonyl (C=O) groups is 1. The van der Waals surface area contributed by atoms with Crippen LogP contribution >= 0.6 is 0 Å². The van der Waals surface area contributed by atoms with Crippen molar-refractivity contribution in [2.45, 2.75) is 31.3 Å². The Morgan fingerprint density at radius 3 is 3.00 bits per heavy atom. The Labute approximate surface area is 103 Å². The molecule has 98 valence electrons. The van der Waals surface area contributed by atoms with Crippen LogP contribution in [0, 0.1) is 0 Å². The summed E-state index contributed by atoms with van der Waals surface area (Å²) in [6, 6.07) is 0.949. The van der Waals surface area contributed by atoms with E-state index in [-0.39, 0.29) is 11.9 Å². The molecule has 0 aromatic rings. The van der Waals surface area contributed by atoms with Crippen LogP contribution in [0.4, 0.5) is 0 Å².